The lowest BCUT2D eigenvalue weighted by Gasteiger charge is -2.07. The number of hydrogen-bond donors (Lipinski definition) is 1. The average Bonchev–Trinajstić information content (AvgIpc) is 2.38. The predicted molar refractivity (Wildman–Crippen MR) is 67.6 cm³/mol. The van der Waals surface area contributed by atoms with Crippen molar-refractivity contribution < 1.29 is 13.9 Å². The zero-order valence-corrected chi connectivity index (χ0v) is 10.9. The first kappa shape index (κ1) is 13.3. The van der Waals surface area contributed by atoms with Gasteiger partial charge in [0.1, 0.15) is 0 Å². The molecule has 0 radical (unpaired) electrons. The van der Waals surface area contributed by atoms with Gasteiger partial charge in [0, 0.05) is 11.8 Å². The summed E-state index contributed by atoms with van der Waals surface area (Å²) in [7, 11) is 2.80. The molecule has 8 heteroatoms. The molecule has 0 aliphatic heterocycles. The highest BCUT2D eigenvalue weighted by atomic mass is 35.5. The number of methoxy groups -OCH3 is 2. The Morgan fingerprint density at radius 1 is 1.16 bits per heavy atom. The Kier molecular flexibility index (Phi) is 3.96. The molecule has 1 heterocycles. The summed E-state index contributed by atoms with van der Waals surface area (Å²) < 4.78 is 23.2. The van der Waals surface area contributed by atoms with E-state index >= 15 is 0 Å². The summed E-state index contributed by atoms with van der Waals surface area (Å²) in [5.41, 5.74) is 0.447. The van der Waals surface area contributed by atoms with Crippen LogP contribution >= 0.6 is 11.6 Å². The van der Waals surface area contributed by atoms with E-state index in [0.29, 0.717) is 5.69 Å². The number of nitrogens with zero attached hydrogens (tertiary/aromatic N) is 3. The summed E-state index contributed by atoms with van der Waals surface area (Å²) in [6.07, 6.45) is 0. The molecule has 1 aromatic heterocycles. The molecule has 0 atom stereocenters. The van der Waals surface area contributed by atoms with Crippen molar-refractivity contribution in [1.29, 1.82) is 0 Å². The first-order chi connectivity index (χ1) is 9.12. The smallest absolute Gasteiger partial charge is 0.322 e. The van der Waals surface area contributed by atoms with Crippen molar-refractivity contribution in [3.05, 3.63) is 29.3 Å². The second kappa shape index (κ2) is 5.66. The van der Waals surface area contributed by atoms with Gasteiger partial charge in [-0.2, -0.15) is 15.0 Å². The van der Waals surface area contributed by atoms with Gasteiger partial charge in [0.25, 0.3) is 0 Å². The van der Waals surface area contributed by atoms with Crippen molar-refractivity contribution in [2.45, 2.75) is 0 Å². The van der Waals surface area contributed by atoms with Crippen molar-refractivity contribution in [1.82, 2.24) is 15.0 Å². The van der Waals surface area contributed by atoms with E-state index in [-0.39, 0.29) is 23.0 Å². The monoisotopic (exact) mass is 284 g/mol. The summed E-state index contributed by atoms with van der Waals surface area (Å²) >= 11 is 5.70. The minimum absolute atomic E-state index is 0.0247. The summed E-state index contributed by atoms with van der Waals surface area (Å²) in [6, 6.07) is 4.42. The second-order valence-corrected chi connectivity index (χ2v) is 3.73. The van der Waals surface area contributed by atoms with Crippen LogP contribution in [0, 0.1) is 5.82 Å². The molecule has 0 saturated heterocycles. The Bertz CT molecular complexity index is 597. The highest BCUT2D eigenvalue weighted by Crippen LogP contribution is 2.23. The van der Waals surface area contributed by atoms with Crippen molar-refractivity contribution in [2.75, 3.05) is 19.5 Å². The fourth-order valence-electron chi connectivity index (χ4n) is 1.35. The van der Waals surface area contributed by atoms with Crippen LogP contribution in [0.25, 0.3) is 0 Å². The molecule has 0 amide bonds. The topological polar surface area (TPSA) is 69.2 Å². The first-order valence-electron chi connectivity index (χ1n) is 5.18. The van der Waals surface area contributed by atoms with Crippen LogP contribution in [-0.2, 0) is 0 Å². The van der Waals surface area contributed by atoms with E-state index in [1.165, 1.54) is 26.4 Å². The maximum absolute atomic E-state index is 13.5. The van der Waals surface area contributed by atoms with Crippen LogP contribution in [0.4, 0.5) is 16.0 Å². The maximum Gasteiger partial charge on any atom is 0.322 e. The van der Waals surface area contributed by atoms with Crippen molar-refractivity contribution in [3.63, 3.8) is 0 Å². The standard InChI is InChI=1S/C11H10ClFN4O2/c1-18-8-4-3-6(5-7(8)13)14-10-15-9(12)16-11(17-10)19-2/h3-5H,1-2H3,(H,14,15,16,17). The van der Waals surface area contributed by atoms with Gasteiger partial charge in [-0.15, -0.1) is 0 Å². The summed E-state index contributed by atoms with van der Waals surface area (Å²) in [4.78, 5) is 11.5. The molecule has 2 aromatic rings. The number of benzene rings is 1. The Hall–Kier alpha value is -2.15. The lowest BCUT2D eigenvalue weighted by molar-refractivity contribution is 0.379. The molecule has 100 valence electrons. The van der Waals surface area contributed by atoms with E-state index in [1.54, 1.807) is 6.07 Å². The van der Waals surface area contributed by atoms with Gasteiger partial charge in [-0.25, -0.2) is 4.39 Å². The van der Waals surface area contributed by atoms with Crippen LogP contribution in [0.15, 0.2) is 18.2 Å². The zero-order chi connectivity index (χ0) is 13.8. The summed E-state index contributed by atoms with van der Waals surface area (Å²) in [6.45, 7) is 0. The lowest BCUT2D eigenvalue weighted by atomic mass is 10.3. The Balaban J connectivity index is 2.25. The summed E-state index contributed by atoms with van der Waals surface area (Å²) in [5.74, 6) is -0.196. The first-order valence-corrected chi connectivity index (χ1v) is 5.56. The second-order valence-electron chi connectivity index (χ2n) is 3.39. The predicted octanol–water partition coefficient (Wildman–Crippen LogP) is 2.42. The Morgan fingerprint density at radius 3 is 2.58 bits per heavy atom. The molecule has 1 aromatic carbocycles. The Morgan fingerprint density at radius 2 is 1.95 bits per heavy atom. The van der Waals surface area contributed by atoms with Gasteiger partial charge in [0.05, 0.1) is 14.2 Å². The SMILES string of the molecule is COc1nc(Cl)nc(Nc2ccc(OC)c(F)c2)n1. The highest BCUT2D eigenvalue weighted by molar-refractivity contribution is 6.28. The number of aromatic nitrogens is 3. The number of ether oxygens (including phenoxy) is 2. The van der Waals surface area contributed by atoms with Crippen LogP contribution in [0.1, 0.15) is 0 Å². The number of hydrogen-bond acceptors (Lipinski definition) is 6. The fourth-order valence-corrected chi connectivity index (χ4v) is 1.50. The van der Waals surface area contributed by atoms with Crippen LogP contribution in [0.5, 0.6) is 11.8 Å². The molecule has 0 aliphatic rings. The van der Waals surface area contributed by atoms with Gasteiger partial charge in [-0.3, -0.25) is 0 Å². The Labute approximate surface area is 113 Å². The molecule has 0 fully saturated rings. The molecule has 0 bridgehead atoms. The van der Waals surface area contributed by atoms with E-state index in [4.69, 9.17) is 21.1 Å². The third kappa shape index (κ3) is 3.19. The molecule has 0 spiro atoms. The molecular weight excluding hydrogens is 275 g/mol. The van der Waals surface area contributed by atoms with E-state index in [1.807, 2.05) is 0 Å². The molecular formula is C11H10ClFN4O2. The summed E-state index contributed by atoms with van der Waals surface area (Å²) in [5, 5.41) is 2.76. The third-order valence-electron chi connectivity index (χ3n) is 2.18. The lowest BCUT2D eigenvalue weighted by Crippen LogP contribution is -2.02. The fraction of sp³-hybridized carbons (Fsp3) is 0.182. The molecule has 0 unspecified atom stereocenters. The number of halogens is 2. The molecule has 1 N–H and O–H groups in total. The van der Waals surface area contributed by atoms with E-state index in [0.717, 1.165) is 0 Å². The van der Waals surface area contributed by atoms with Gasteiger partial charge in [0.2, 0.25) is 11.2 Å². The molecule has 19 heavy (non-hydrogen) atoms. The number of rotatable bonds is 4. The zero-order valence-electron chi connectivity index (χ0n) is 10.1. The average molecular weight is 285 g/mol. The molecule has 0 aliphatic carbocycles. The third-order valence-corrected chi connectivity index (χ3v) is 2.35. The molecule has 6 nitrogen and oxygen atoms in total. The number of anilines is 2. The maximum atomic E-state index is 13.5. The minimum atomic E-state index is -0.500. The quantitative estimate of drug-likeness (QED) is 0.930. The number of nitrogens with one attached hydrogen (secondary N) is 1. The van der Waals surface area contributed by atoms with Gasteiger partial charge < -0.3 is 14.8 Å². The van der Waals surface area contributed by atoms with Crippen LogP contribution in [0.3, 0.4) is 0 Å². The van der Waals surface area contributed by atoms with E-state index in [9.17, 15) is 4.39 Å². The van der Waals surface area contributed by atoms with Gasteiger partial charge in [-0.05, 0) is 23.7 Å². The van der Waals surface area contributed by atoms with Gasteiger partial charge in [-0.1, -0.05) is 0 Å². The molecule has 0 saturated carbocycles. The van der Waals surface area contributed by atoms with Crippen LogP contribution < -0.4 is 14.8 Å². The normalized spacial score (nSPS) is 10.1. The van der Waals surface area contributed by atoms with E-state index < -0.39 is 5.82 Å². The van der Waals surface area contributed by atoms with Gasteiger partial charge >= 0.3 is 6.01 Å². The highest BCUT2D eigenvalue weighted by Gasteiger charge is 2.07. The molecule has 2 rings (SSSR count). The van der Waals surface area contributed by atoms with E-state index in [2.05, 4.69) is 20.3 Å². The van der Waals surface area contributed by atoms with Crippen molar-refractivity contribution >= 4 is 23.2 Å². The van der Waals surface area contributed by atoms with Crippen LogP contribution in [-0.4, -0.2) is 29.2 Å². The van der Waals surface area contributed by atoms with Crippen molar-refractivity contribution in [3.8, 4) is 11.8 Å². The van der Waals surface area contributed by atoms with Gasteiger partial charge in [0.15, 0.2) is 11.6 Å². The minimum Gasteiger partial charge on any atom is -0.494 e. The van der Waals surface area contributed by atoms with Crippen LogP contribution in [0.2, 0.25) is 5.28 Å². The van der Waals surface area contributed by atoms with Crippen molar-refractivity contribution in [2.24, 2.45) is 0 Å². The largest absolute Gasteiger partial charge is 0.494 e.